The summed E-state index contributed by atoms with van der Waals surface area (Å²) in [5.41, 5.74) is 0.552. The first-order valence-electron chi connectivity index (χ1n) is 9.33. The van der Waals surface area contributed by atoms with Crippen LogP contribution in [0.4, 0.5) is 0 Å². The zero-order valence-electron chi connectivity index (χ0n) is 14.7. The van der Waals surface area contributed by atoms with Crippen LogP contribution in [-0.4, -0.2) is 43.6 Å². The van der Waals surface area contributed by atoms with Gasteiger partial charge in [-0.25, -0.2) is 9.67 Å². The lowest BCUT2D eigenvalue weighted by Gasteiger charge is -2.32. The molecule has 2 aliphatic rings. The first-order valence-corrected chi connectivity index (χ1v) is 9.33. The number of piperidine rings is 1. The molecule has 3 heterocycles. The van der Waals surface area contributed by atoms with Gasteiger partial charge in [-0.3, -0.25) is 9.59 Å². The number of nitrogens with one attached hydrogen (secondary N) is 1. The molecule has 0 aromatic carbocycles. The Labute approximate surface area is 146 Å². The maximum absolute atomic E-state index is 12.4. The Hall–Kier alpha value is -2.18. The number of fused-ring (bicyclic) bond motifs is 1. The molecule has 1 saturated heterocycles. The molecular weight excluding hydrogens is 318 g/mol. The van der Waals surface area contributed by atoms with E-state index in [1.54, 1.807) is 13.1 Å². The van der Waals surface area contributed by atoms with Gasteiger partial charge >= 0.3 is 0 Å². The van der Waals surface area contributed by atoms with E-state index in [-0.39, 0.29) is 17.5 Å². The summed E-state index contributed by atoms with van der Waals surface area (Å²) in [7, 11) is 0. The molecule has 1 unspecified atom stereocenters. The third-order valence-electron chi connectivity index (χ3n) is 5.66. The highest BCUT2D eigenvalue weighted by Gasteiger charge is 2.26. The number of hydrogen-bond acceptors (Lipinski definition) is 4. The summed E-state index contributed by atoms with van der Waals surface area (Å²) < 4.78 is 1.86. The number of amides is 1. The molecule has 1 aliphatic carbocycles. The Kier molecular flexibility index (Phi) is 4.31. The van der Waals surface area contributed by atoms with Crippen molar-refractivity contribution < 1.29 is 4.79 Å². The molecule has 7 nitrogen and oxygen atoms in total. The van der Waals surface area contributed by atoms with E-state index < -0.39 is 0 Å². The molecule has 2 fully saturated rings. The van der Waals surface area contributed by atoms with E-state index in [1.807, 2.05) is 9.58 Å². The zero-order valence-corrected chi connectivity index (χ0v) is 14.7. The van der Waals surface area contributed by atoms with Gasteiger partial charge in [0.1, 0.15) is 11.2 Å². The highest BCUT2D eigenvalue weighted by atomic mass is 16.2. The topological polar surface area (TPSA) is 83.9 Å². The summed E-state index contributed by atoms with van der Waals surface area (Å²) in [5.74, 6) is 1.49. The Morgan fingerprint density at radius 1 is 1.28 bits per heavy atom. The van der Waals surface area contributed by atoms with E-state index in [1.165, 1.54) is 25.7 Å². The maximum Gasteiger partial charge on any atom is 0.262 e. The number of H-pyrrole nitrogens is 1. The van der Waals surface area contributed by atoms with Crippen LogP contribution in [0.3, 0.4) is 0 Å². The third-order valence-corrected chi connectivity index (χ3v) is 5.66. The van der Waals surface area contributed by atoms with E-state index >= 15 is 0 Å². The molecule has 0 spiro atoms. The molecule has 1 amide bonds. The van der Waals surface area contributed by atoms with Gasteiger partial charge in [0.05, 0.1) is 12.2 Å². The second-order valence-corrected chi connectivity index (χ2v) is 7.45. The minimum Gasteiger partial charge on any atom is -0.341 e. The monoisotopic (exact) mass is 343 g/mol. The van der Waals surface area contributed by atoms with Gasteiger partial charge in [-0.1, -0.05) is 25.7 Å². The summed E-state index contributed by atoms with van der Waals surface area (Å²) in [6.45, 7) is 3.04. The quantitative estimate of drug-likeness (QED) is 0.924. The minimum atomic E-state index is -0.108. The van der Waals surface area contributed by atoms with Crippen LogP contribution in [0.25, 0.3) is 11.0 Å². The number of carbonyl (C=O) groups is 1. The average molecular weight is 343 g/mol. The van der Waals surface area contributed by atoms with Crippen molar-refractivity contribution in [2.75, 3.05) is 13.1 Å². The lowest BCUT2D eigenvalue weighted by atomic mass is 10.0. The number of likely N-dealkylation sites (tertiary alicyclic amines) is 1. The molecule has 1 aliphatic heterocycles. The summed E-state index contributed by atoms with van der Waals surface area (Å²) in [6, 6.07) is 0.0868. The van der Waals surface area contributed by atoms with Crippen LogP contribution in [0.2, 0.25) is 0 Å². The number of hydrogen-bond donors (Lipinski definition) is 1. The smallest absolute Gasteiger partial charge is 0.262 e. The Morgan fingerprint density at radius 2 is 2.08 bits per heavy atom. The highest BCUT2D eigenvalue weighted by Crippen LogP contribution is 2.28. The van der Waals surface area contributed by atoms with Crippen molar-refractivity contribution >= 4 is 16.9 Å². The normalized spacial score (nSPS) is 22.0. The van der Waals surface area contributed by atoms with Gasteiger partial charge in [0.2, 0.25) is 5.91 Å². The molecule has 0 radical (unpaired) electrons. The number of nitrogens with zero attached hydrogens (tertiary/aromatic N) is 4. The van der Waals surface area contributed by atoms with E-state index in [2.05, 4.69) is 10.1 Å². The second-order valence-electron chi connectivity index (χ2n) is 7.45. The van der Waals surface area contributed by atoms with Gasteiger partial charge in [-0.05, 0) is 18.8 Å². The fourth-order valence-corrected chi connectivity index (χ4v) is 4.27. The van der Waals surface area contributed by atoms with Crippen LogP contribution in [0.5, 0.6) is 0 Å². The molecule has 0 bridgehead atoms. The van der Waals surface area contributed by atoms with Gasteiger partial charge < -0.3 is 9.88 Å². The van der Waals surface area contributed by atoms with Crippen molar-refractivity contribution in [2.45, 2.75) is 57.9 Å². The molecular formula is C18H25N5O2. The predicted molar refractivity (Wildman–Crippen MR) is 94.3 cm³/mol. The fraction of sp³-hybridized carbons (Fsp3) is 0.667. The van der Waals surface area contributed by atoms with Crippen LogP contribution in [0.15, 0.2) is 11.0 Å². The summed E-state index contributed by atoms with van der Waals surface area (Å²) in [4.78, 5) is 33.7. The highest BCUT2D eigenvalue weighted by molar-refractivity contribution is 5.74. The first-order chi connectivity index (χ1) is 12.1. The predicted octanol–water partition coefficient (Wildman–Crippen LogP) is 2.04. The van der Waals surface area contributed by atoms with Crippen molar-refractivity contribution in [3.05, 3.63) is 22.4 Å². The van der Waals surface area contributed by atoms with E-state index in [9.17, 15) is 9.59 Å². The molecule has 7 heteroatoms. The molecule has 2 aromatic heterocycles. The van der Waals surface area contributed by atoms with Crippen LogP contribution in [0.1, 0.15) is 57.3 Å². The average Bonchev–Trinajstić information content (AvgIpc) is 3.25. The number of carbonyl (C=O) groups excluding carboxylic acids is 1. The van der Waals surface area contributed by atoms with Crippen molar-refractivity contribution in [3.63, 3.8) is 0 Å². The van der Waals surface area contributed by atoms with Gasteiger partial charge in [-0.15, -0.1) is 0 Å². The molecule has 1 saturated carbocycles. The molecule has 134 valence electrons. The zero-order chi connectivity index (χ0) is 17.4. The second kappa shape index (κ2) is 6.61. The van der Waals surface area contributed by atoms with Crippen LogP contribution >= 0.6 is 0 Å². The van der Waals surface area contributed by atoms with Gasteiger partial charge in [0, 0.05) is 26.4 Å². The molecule has 4 rings (SSSR count). The van der Waals surface area contributed by atoms with Crippen LogP contribution in [-0.2, 0) is 11.2 Å². The van der Waals surface area contributed by atoms with E-state index in [0.717, 1.165) is 31.6 Å². The minimum absolute atomic E-state index is 0.0868. The number of aromatic amines is 1. The summed E-state index contributed by atoms with van der Waals surface area (Å²) in [6.07, 6.45) is 9.33. The number of rotatable bonds is 3. The fourth-order valence-electron chi connectivity index (χ4n) is 4.27. The van der Waals surface area contributed by atoms with Crippen molar-refractivity contribution in [1.29, 1.82) is 0 Å². The summed E-state index contributed by atoms with van der Waals surface area (Å²) >= 11 is 0. The van der Waals surface area contributed by atoms with Crippen molar-refractivity contribution in [1.82, 2.24) is 24.6 Å². The lowest BCUT2D eigenvalue weighted by molar-refractivity contribution is -0.130. The van der Waals surface area contributed by atoms with Crippen molar-refractivity contribution in [3.8, 4) is 0 Å². The summed E-state index contributed by atoms with van der Waals surface area (Å²) in [5, 5.41) is 4.98. The van der Waals surface area contributed by atoms with Gasteiger partial charge in [-0.2, -0.15) is 5.10 Å². The lowest BCUT2D eigenvalue weighted by Crippen LogP contribution is -2.39. The van der Waals surface area contributed by atoms with Crippen molar-refractivity contribution in [2.24, 2.45) is 5.92 Å². The molecule has 1 atom stereocenters. The molecule has 25 heavy (non-hydrogen) atoms. The Balaban J connectivity index is 1.66. The SMILES string of the molecule is CC(=O)N1CCCC(n2ncc3c(=O)[nH]c(CC4CCCC4)nc32)C1. The van der Waals surface area contributed by atoms with E-state index in [4.69, 9.17) is 4.98 Å². The van der Waals surface area contributed by atoms with Crippen LogP contribution in [0, 0.1) is 5.92 Å². The first kappa shape index (κ1) is 16.3. The van der Waals surface area contributed by atoms with Crippen LogP contribution < -0.4 is 5.56 Å². The largest absolute Gasteiger partial charge is 0.341 e. The standard InChI is InChI=1S/C18H25N5O2/c1-12(24)22-8-4-7-14(11-22)23-17-15(10-19-23)18(25)21-16(20-17)9-13-5-2-3-6-13/h10,13-14H,2-9,11H2,1H3,(H,20,21,25). The maximum atomic E-state index is 12.4. The van der Waals surface area contributed by atoms with E-state index in [0.29, 0.717) is 23.5 Å². The number of aromatic nitrogens is 4. The third kappa shape index (κ3) is 3.19. The molecule has 2 aromatic rings. The molecule has 1 N–H and O–H groups in total. The van der Waals surface area contributed by atoms with Gasteiger partial charge in [0.25, 0.3) is 5.56 Å². The Morgan fingerprint density at radius 3 is 2.84 bits per heavy atom. The van der Waals surface area contributed by atoms with Gasteiger partial charge in [0.15, 0.2) is 5.65 Å². The Bertz CT molecular complexity index is 834.